The van der Waals surface area contributed by atoms with Gasteiger partial charge < -0.3 is 20.1 Å². The van der Waals surface area contributed by atoms with Crippen LogP contribution in [-0.2, 0) is 4.74 Å². The summed E-state index contributed by atoms with van der Waals surface area (Å²) in [5.74, 6) is 0.386. The standard InChI is InChI=1S/C20H24N2O4/c1-13-7-5-8-14(2)18(13)26-12-15(3)21-20(24)22-17-10-6-9-16(11-17)19(23)25-4/h5-11,15H,12H2,1-4H3,(H2,21,22,24). The van der Waals surface area contributed by atoms with Crippen LogP contribution in [0.5, 0.6) is 5.75 Å². The number of anilines is 1. The maximum atomic E-state index is 12.1. The van der Waals surface area contributed by atoms with Crippen molar-refractivity contribution in [3.8, 4) is 5.75 Å². The molecule has 0 aliphatic heterocycles. The largest absolute Gasteiger partial charge is 0.491 e. The molecule has 2 aromatic rings. The van der Waals surface area contributed by atoms with Crippen LogP contribution < -0.4 is 15.4 Å². The molecule has 2 rings (SSSR count). The van der Waals surface area contributed by atoms with Crippen molar-refractivity contribution < 1.29 is 19.1 Å². The Kier molecular flexibility index (Phi) is 6.60. The third-order valence-corrected chi connectivity index (χ3v) is 3.81. The van der Waals surface area contributed by atoms with Crippen LogP contribution in [0.1, 0.15) is 28.4 Å². The van der Waals surface area contributed by atoms with Crippen molar-refractivity contribution in [3.05, 3.63) is 59.2 Å². The van der Waals surface area contributed by atoms with E-state index in [9.17, 15) is 9.59 Å². The van der Waals surface area contributed by atoms with Gasteiger partial charge in [-0.25, -0.2) is 9.59 Å². The second kappa shape index (κ2) is 8.89. The minimum atomic E-state index is -0.454. The first kappa shape index (κ1) is 19.3. The molecule has 0 radical (unpaired) electrons. The maximum absolute atomic E-state index is 12.1. The Morgan fingerprint density at radius 3 is 2.38 bits per heavy atom. The van der Waals surface area contributed by atoms with E-state index < -0.39 is 5.97 Å². The van der Waals surface area contributed by atoms with Gasteiger partial charge >= 0.3 is 12.0 Å². The lowest BCUT2D eigenvalue weighted by Gasteiger charge is -2.18. The SMILES string of the molecule is COC(=O)c1cccc(NC(=O)NC(C)COc2c(C)cccc2C)c1. The predicted molar refractivity (Wildman–Crippen MR) is 101 cm³/mol. The summed E-state index contributed by atoms with van der Waals surface area (Å²) in [5.41, 5.74) is 2.99. The van der Waals surface area contributed by atoms with Gasteiger partial charge in [0.2, 0.25) is 0 Å². The van der Waals surface area contributed by atoms with Gasteiger partial charge in [0.1, 0.15) is 12.4 Å². The number of amides is 2. The van der Waals surface area contributed by atoms with Crippen molar-refractivity contribution in [2.24, 2.45) is 0 Å². The van der Waals surface area contributed by atoms with E-state index in [1.165, 1.54) is 7.11 Å². The van der Waals surface area contributed by atoms with E-state index in [0.29, 0.717) is 17.9 Å². The van der Waals surface area contributed by atoms with E-state index >= 15 is 0 Å². The maximum Gasteiger partial charge on any atom is 0.337 e. The number of rotatable bonds is 6. The van der Waals surface area contributed by atoms with Gasteiger partial charge in [-0.05, 0) is 50.1 Å². The van der Waals surface area contributed by atoms with Crippen molar-refractivity contribution in [2.75, 3.05) is 19.0 Å². The van der Waals surface area contributed by atoms with Crippen LogP contribution in [-0.4, -0.2) is 31.8 Å². The number of aryl methyl sites for hydroxylation is 2. The molecule has 6 nitrogen and oxygen atoms in total. The van der Waals surface area contributed by atoms with Crippen molar-refractivity contribution in [3.63, 3.8) is 0 Å². The van der Waals surface area contributed by atoms with Crippen molar-refractivity contribution in [1.29, 1.82) is 0 Å². The van der Waals surface area contributed by atoms with E-state index in [2.05, 4.69) is 15.4 Å². The molecule has 2 N–H and O–H groups in total. The van der Waals surface area contributed by atoms with Crippen molar-refractivity contribution in [1.82, 2.24) is 5.32 Å². The second-order valence-electron chi connectivity index (χ2n) is 6.10. The summed E-state index contributed by atoms with van der Waals surface area (Å²) < 4.78 is 10.5. The lowest BCUT2D eigenvalue weighted by molar-refractivity contribution is 0.0600. The molecule has 26 heavy (non-hydrogen) atoms. The van der Waals surface area contributed by atoms with Gasteiger partial charge in [0.15, 0.2) is 0 Å². The highest BCUT2D eigenvalue weighted by atomic mass is 16.5. The lowest BCUT2D eigenvalue weighted by atomic mass is 10.1. The van der Waals surface area contributed by atoms with E-state index in [0.717, 1.165) is 16.9 Å². The molecule has 0 aromatic heterocycles. The zero-order valence-corrected chi connectivity index (χ0v) is 15.5. The summed E-state index contributed by atoms with van der Waals surface area (Å²) in [6.07, 6.45) is 0. The summed E-state index contributed by atoms with van der Waals surface area (Å²) in [5, 5.41) is 5.51. The smallest absolute Gasteiger partial charge is 0.337 e. The molecule has 2 amide bonds. The highest BCUT2D eigenvalue weighted by Gasteiger charge is 2.11. The number of hydrogen-bond acceptors (Lipinski definition) is 4. The Morgan fingerprint density at radius 1 is 1.08 bits per heavy atom. The molecule has 0 aliphatic carbocycles. The molecule has 0 saturated heterocycles. The molecule has 1 atom stereocenters. The number of para-hydroxylation sites is 1. The normalized spacial score (nSPS) is 11.4. The third kappa shape index (κ3) is 5.24. The minimum Gasteiger partial charge on any atom is -0.491 e. The van der Waals surface area contributed by atoms with Gasteiger partial charge in [-0.15, -0.1) is 0 Å². The molecule has 1 unspecified atom stereocenters. The van der Waals surface area contributed by atoms with E-state index in [4.69, 9.17) is 4.74 Å². The van der Waals surface area contributed by atoms with Gasteiger partial charge in [-0.2, -0.15) is 0 Å². The second-order valence-corrected chi connectivity index (χ2v) is 6.10. The van der Waals surface area contributed by atoms with E-state index in [1.54, 1.807) is 24.3 Å². The molecule has 0 bridgehead atoms. The van der Waals surface area contributed by atoms with Gasteiger partial charge in [0.05, 0.1) is 18.7 Å². The van der Waals surface area contributed by atoms with Crippen LogP contribution >= 0.6 is 0 Å². The summed E-state index contributed by atoms with van der Waals surface area (Å²) >= 11 is 0. The molecule has 2 aromatic carbocycles. The number of ether oxygens (including phenoxy) is 2. The number of carbonyl (C=O) groups excluding carboxylic acids is 2. The van der Waals surface area contributed by atoms with Crippen LogP contribution in [0.25, 0.3) is 0 Å². The monoisotopic (exact) mass is 356 g/mol. The van der Waals surface area contributed by atoms with Crippen LogP contribution in [0.2, 0.25) is 0 Å². The summed E-state index contributed by atoms with van der Waals surface area (Å²) in [6.45, 7) is 6.18. The molecule has 0 spiro atoms. The van der Waals surface area contributed by atoms with Crippen molar-refractivity contribution in [2.45, 2.75) is 26.8 Å². The highest BCUT2D eigenvalue weighted by Crippen LogP contribution is 2.22. The van der Waals surface area contributed by atoms with Gasteiger partial charge in [-0.3, -0.25) is 0 Å². The number of nitrogens with one attached hydrogen (secondary N) is 2. The van der Waals surface area contributed by atoms with Crippen LogP contribution in [0.3, 0.4) is 0 Å². The topological polar surface area (TPSA) is 76.7 Å². The molecule has 138 valence electrons. The van der Waals surface area contributed by atoms with E-state index in [1.807, 2.05) is 39.0 Å². The molecule has 0 fully saturated rings. The number of carbonyl (C=O) groups is 2. The molecule has 0 aliphatic rings. The van der Waals surface area contributed by atoms with Gasteiger partial charge in [-0.1, -0.05) is 24.3 Å². The Labute approximate surface area is 153 Å². The summed E-state index contributed by atoms with van der Waals surface area (Å²) in [4.78, 5) is 23.7. The third-order valence-electron chi connectivity index (χ3n) is 3.81. The fraction of sp³-hybridized carbons (Fsp3) is 0.300. The van der Waals surface area contributed by atoms with Gasteiger partial charge in [0.25, 0.3) is 0 Å². The Bertz CT molecular complexity index is 769. The predicted octanol–water partition coefficient (Wildman–Crippen LogP) is 3.68. The summed E-state index contributed by atoms with van der Waals surface area (Å²) in [6, 6.07) is 11.9. The fourth-order valence-electron chi connectivity index (χ4n) is 2.51. The van der Waals surface area contributed by atoms with Crippen LogP contribution in [0.4, 0.5) is 10.5 Å². The lowest BCUT2D eigenvalue weighted by Crippen LogP contribution is -2.39. The average molecular weight is 356 g/mol. The highest BCUT2D eigenvalue weighted by molar-refractivity contribution is 5.93. The Balaban J connectivity index is 1.88. The molecule has 0 saturated carbocycles. The quantitative estimate of drug-likeness (QED) is 0.774. The Hall–Kier alpha value is -3.02. The average Bonchev–Trinajstić information content (AvgIpc) is 2.60. The van der Waals surface area contributed by atoms with Crippen LogP contribution in [0.15, 0.2) is 42.5 Å². The molecule has 0 heterocycles. The number of esters is 1. The first-order valence-electron chi connectivity index (χ1n) is 8.35. The number of methoxy groups -OCH3 is 1. The molecular weight excluding hydrogens is 332 g/mol. The summed E-state index contributed by atoms with van der Waals surface area (Å²) in [7, 11) is 1.31. The number of benzene rings is 2. The van der Waals surface area contributed by atoms with Crippen LogP contribution in [0, 0.1) is 13.8 Å². The Morgan fingerprint density at radius 2 is 1.73 bits per heavy atom. The number of hydrogen-bond donors (Lipinski definition) is 2. The fourth-order valence-corrected chi connectivity index (χ4v) is 2.51. The minimum absolute atomic E-state index is 0.196. The number of urea groups is 1. The van der Waals surface area contributed by atoms with E-state index in [-0.39, 0.29) is 12.1 Å². The molecule has 6 heteroatoms. The first-order chi connectivity index (χ1) is 12.4. The zero-order valence-electron chi connectivity index (χ0n) is 15.5. The van der Waals surface area contributed by atoms with Gasteiger partial charge in [0, 0.05) is 5.69 Å². The zero-order chi connectivity index (χ0) is 19.1. The first-order valence-corrected chi connectivity index (χ1v) is 8.35. The van der Waals surface area contributed by atoms with Crippen molar-refractivity contribution >= 4 is 17.7 Å². The molecular formula is C20H24N2O4.